The van der Waals surface area contributed by atoms with Gasteiger partial charge in [0.2, 0.25) is 0 Å². The number of aryl methyl sites for hydroxylation is 1. The highest BCUT2D eigenvalue weighted by atomic mass is 19.1. The highest BCUT2D eigenvalue weighted by molar-refractivity contribution is 5.93. The average molecular weight is 423 g/mol. The van der Waals surface area contributed by atoms with Crippen molar-refractivity contribution in [2.24, 2.45) is 13.0 Å². The van der Waals surface area contributed by atoms with Gasteiger partial charge >= 0.3 is 0 Å². The molecule has 1 aromatic heterocycles. The van der Waals surface area contributed by atoms with E-state index in [-0.39, 0.29) is 24.2 Å². The van der Waals surface area contributed by atoms with E-state index in [4.69, 9.17) is 4.74 Å². The molecule has 1 saturated heterocycles. The van der Waals surface area contributed by atoms with Crippen molar-refractivity contribution >= 4 is 5.91 Å². The maximum atomic E-state index is 13.2. The Labute approximate surface area is 180 Å². The van der Waals surface area contributed by atoms with Crippen LogP contribution in [0.15, 0.2) is 60.7 Å². The predicted octanol–water partition coefficient (Wildman–Crippen LogP) is 3.27. The van der Waals surface area contributed by atoms with E-state index >= 15 is 0 Å². The van der Waals surface area contributed by atoms with Crippen LogP contribution in [0.1, 0.15) is 28.9 Å². The molecule has 3 aromatic rings. The molecule has 0 unspecified atom stereocenters. The number of hydrogen-bond acceptors (Lipinski definition) is 4. The molecule has 0 radical (unpaired) electrons. The third kappa shape index (κ3) is 4.52. The summed E-state index contributed by atoms with van der Waals surface area (Å²) in [5.41, 5.74) is 1.24. The molecular weight excluding hydrogens is 397 g/mol. The molecule has 1 amide bonds. The topological polar surface area (TPSA) is 76.4 Å². The maximum absolute atomic E-state index is 13.2. The monoisotopic (exact) mass is 423 g/mol. The van der Waals surface area contributed by atoms with Crippen molar-refractivity contribution in [1.82, 2.24) is 15.1 Å². The van der Waals surface area contributed by atoms with Crippen molar-refractivity contribution in [3.63, 3.8) is 0 Å². The van der Waals surface area contributed by atoms with E-state index < -0.39 is 5.60 Å². The molecule has 2 heterocycles. The summed E-state index contributed by atoms with van der Waals surface area (Å²) in [4.78, 5) is 13.0. The zero-order valence-electron chi connectivity index (χ0n) is 17.4. The van der Waals surface area contributed by atoms with E-state index in [9.17, 15) is 14.3 Å². The molecule has 2 aromatic carbocycles. The number of amides is 1. The fourth-order valence-corrected chi connectivity index (χ4v) is 4.13. The fourth-order valence-electron chi connectivity index (χ4n) is 4.13. The molecule has 0 aliphatic carbocycles. The zero-order chi connectivity index (χ0) is 21.8. The van der Waals surface area contributed by atoms with Gasteiger partial charge in [-0.05, 0) is 54.7 Å². The van der Waals surface area contributed by atoms with Gasteiger partial charge in [0.05, 0.1) is 12.2 Å². The van der Waals surface area contributed by atoms with Gasteiger partial charge < -0.3 is 15.2 Å². The van der Waals surface area contributed by atoms with Crippen LogP contribution in [-0.2, 0) is 17.4 Å². The molecule has 4 rings (SSSR count). The number of rotatable bonds is 6. The van der Waals surface area contributed by atoms with Gasteiger partial charge in [0, 0.05) is 25.8 Å². The summed E-state index contributed by atoms with van der Waals surface area (Å²) >= 11 is 0. The van der Waals surface area contributed by atoms with Gasteiger partial charge in [-0.25, -0.2) is 4.39 Å². The largest absolute Gasteiger partial charge is 0.383 e. The molecule has 2 N–H and O–H groups in total. The number of benzene rings is 2. The van der Waals surface area contributed by atoms with E-state index in [1.54, 1.807) is 25.2 Å². The summed E-state index contributed by atoms with van der Waals surface area (Å²) in [6.07, 6.45) is 1.45. The van der Waals surface area contributed by atoms with Crippen molar-refractivity contribution in [3.05, 3.63) is 77.7 Å². The Hall–Kier alpha value is -3.03. The second-order valence-electron chi connectivity index (χ2n) is 7.90. The first kappa shape index (κ1) is 21.2. The number of aliphatic hydroxyl groups is 1. The molecule has 0 saturated carbocycles. The summed E-state index contributed by atoms with van der Waals surface area (Å²) in [6.45, 7) is 1.27. The van der Waals surface area contributed by atoms with Crippen molar-refractivity contribution in [2.75, 3.05) is 19.8 Å². The maximum Gasteiger partial charge on any atom is 0.269 e. The summed E-state index contributed by atoms with van der Waals surface area (Å²) in [6, 6.07) is 17.1. The average Bonchev–Trinajstić information content (AvgIpc) is 3.20. The van der Waals surface area contributed by atoms with E-state index in [0.29, 0.717) is 24.6 Å². The van der Waals surface area contributed by atoms with Crippen LogP contribution in [0.3, 0.4) is 0 Å². The second-order valence-corrected chi connectivity index (χ2v) is 7.90. The van der Waals surface area contributed by atoms with Crippen LogP contribution in [-0.4, -0.2) is 40.6 Å². The summed E-state index contributed by atoms with van der Waals surface area (Å²) < 4.78 is 20.1. The van der Waals surface area contributed by atoms with Crippen LogP contribution >= 0.6 is 0 Å². The number of aromatic nitrogens is 2. The van der Waals surface area contributed by atoms with Crippen LogP contribution in [0, 0.1) is 11.7 Å². The number of carbonyl (C=O) groups is 1. The van der Waals surface area contributed by atoms with Gasteiger partial charge in [0.15, 0.2) is 0 Å². The Kier molecular flexibility index (Phi) is 6.15. The Bertz CT molecular complexity index is 1030. The fraction of sp³-hybridized carbons (Fsp3) is 0.333. The van der Waals surface area contributed by atoms with Gasteiger partial charge in [0.25, 0.3) is 5.91 Å². The highest BCUT2D eigenvalue weighted by Gasteiger charge is 2.39. The molecule has 1 aliphatic rings. The van der Waals surface area contributed by atoms with Gasteiger partial charge in [0.1, 0.15) is 17.1 Å². The molecule has 0 spiro atoms. The lowest BCUT2D eigenvalue weighted by Gasteiger charge is -2.39. The number of hydrogen-bond donors (Lipinski definition) is 2. The normalized spacial score (nSPS) is 16.6. The first-order chi connectivity index (χ1) is 15.0. The van der Waals surface area contributed by atoms with Gasteiger partial charge in [-0.3, -0.25) is 9.48 Å². The molecule has 31 heavy (non-hydrogen) atoms. The summed E-state index contributed by atoms with van der Waals surface area (Å²) in [5, 5.41) is 18.9. The third-order valence-corrected chi connectivity index (χ3v) is 5.94. The molecule has 1 fully saturated rings. The van der Waals surface area contributed by atoms with Crippen LogP contribution in [0.2, 0.25) is 0 Å². The molecule has 162 valence electrons. The molecule has 7 heteroatoms. The number of nitrogens with zero attached hydrogens (tertiary/aromatic N) is 2. The van der Waals surface area contributed by atoms with Gasteiger partial charge in [-0.1, -0.05) is 30.3 Å². The molecule has 6 nitrogen and oxygen atoms in total. The second kappa shape index (κ2) is 8.99. The minimum absolute atomic E-state index is 0.0229. The van der Waals surface area contributed by atoms with Gasteiger partial charge in [-0.2, -0.15) is 5.10 Å². The summed E-state index contributed by atoms with van der Waals surface area (Å²) in [5.74, 6) is -0.680. The molecular formula is C24H26FN3O3. The Morgan fingerprint density at radius 2 is 1.87 bits per heavy atom. The van der Waals surface area contributed by atoms with Crippen LogP contribution in [0.5, 0.6) is 0 Å². The van der Waals surface area contributed by atoms with Crippen LogP contribution in [0.4, 0.5) is 4.39 Å². The van der Waals surface area contributed by atoms with Crippen molar-refractivity contribution in [3.8, 4) is 11.3 Å². The number of nitrogens with one attached hydrogen (secondary N) is 1. The zero-order valence-corrected chi connectivity index (χ0v) is 17.4. The van der Waals surface area contributed by atoms with Crippen LogP contribution in [0.25, 0.3) is 11.3 Å². The molecule has 0 bridgehead atoms. The lowest BCUT2D eigenvalue weighted by Crippen LogP contribution is -2.48. The molecule has 1 atom stereocenters. The lowest BCUT2D eigenvalue weighted by atomic mass is 9.77. The lowest BCUT2D eigenvalue weighted by molar-refractivity contribution is -0.0680. The van der Waals surface area contributed by atoms with E-state index in [2.05, 4.69) is 10.4 Å². The Balaban J connectivity index is 1.54. The van der Waals surface area contributed by atoms with E-state index in [1.807, 2.05) is 30.3 Å². The third-order valence-electron chi connectivity index (χ3n) is 5.94. The molecule has 1 aliphatic heterocycles. The minimum atomic E-state index is -1.20. The standard InChI is InChI=1S/C24H26FN3O3/c1-28-22(15-21(27-28)17-7-9-20(25)10-8-17)23(29)26-16-24(30,18-5-3-2-4-6-18)19-11-13-31-14-12-19/h2-10,15,19,30H,11-14,16H2,1H3,(H,26,29)/t24-/m0/s1. The van der Waals surface area contributed by atoms with Crippen molar-refractivity contribution < 1.29 is 19.0 Å². The van der Waals surface area contributed by atoms with Crippen molar-refractivity contribution in [1.29, 1.82) is 0 Å². The number of carbonyl (C=O) groups excluding carboxylic acids is 1. The van der Waals surface area contributed by atoms with E-state index in [0.717, 1.165) is 24.0 Å². The predicted molar refractivity (Wildman–Crippen MR) is 115 cm³/mol. The minimum Gasteiger partial charge on any atom is -0.383 e. The SMILES string of the molecule is Cn1nc(-c2ccc(F)cc2)cc1C(=O)NC[C@](O)(c1ccccc1)C1CCOCC1. The first-order valence-electron chi connectivity index (χ1n) is 10.4. The highest BCUT2D eigenvalue weighted by Crippen LogP contribution is 2.35. The summed E-state index contributed by atoms with van der Waals surface area (Å²) in [7, 11) is 1.68. The Morgan fingerprint density at radius 1 is 1.19 bits per heavy atom. The quantitative estimate of drug-likeness (QED) is 0.638. The smallest absolute Gasteiger partial charge is 0.269 e. The van der Waals surface area contributed by atoms with Gasteiger partial charge in [-0.15, -0.1) is 0 Å². The van der Waals surface area contributed by atoms with E-state index in [1.165, 1.54) is 16.8 Å². The number of halogens is 1. The first-order valence-corrected chi connectivity index (χ1v) is 10.4. The van der Waals surface area contributed by atoms with Crippen molar-refractivity contribution in [2.45, 2.75) is 18.4 Å². The van der Waals surface area contributed by atoms with Crippen LogP contribution < -0.4 is 5.32 Å². The Morgan fingerprint density at radius 3 is 2.55 bits per heavy atom. The number of ether oxygens (including phenoxy) is 1.